The Balaban J connectivity index is 2.13. The maximum absolute atomic E-state index is 13.7. The number of benzene rings is 2. The normalized spacial score (nSPS) is 12.4. The van der Waals surface area contributed by atoms with Gasteiger partial charge in [0.05, 0.1) is 6.04 Å². The Hall–Kier alpha value is -1.43. The van der Waals surface area contributed by atoms with Crippen molar-refractivity contribution in [1.29, 1.82) is 0 Å². The lowest BCUT2D eigenvalue weighted by molar-refractivity contribution is 0.500. The van der Waals surface area contributed by atoms with Crippen molar-refractivity contribution >= 4 is 11.8 Å². The molecule has 0 spiro atoms. The van der Waals surface area contributed by atoms with Gasteiger partial charge in [-0.1, -0.05) is 23.8 Å². The van der Waals surface area contributed by atoms with Crippen molar-refractivity contribution in [1.82, 2.24) is 5.43 Å². The lowest BCUT2D eigenvalue weighted by atomic mass is 10.1. The molecule has 3 N–H and O–H groups in total. The molecule has 2 aromatic carbocycles. The molecule has 0 heterocycles. The van der Waals surface area contributed by atoms with Crippen LogP contribution in [0.5, 0.6) is 0 Å². The first-order valence-corrected chi connectivity index (χ1v) is 7.20. The summed E-state index contributed by atoms with van der Waals surface area (Å²) in [6, 6.07) is 11.2. The van der Waals surface area contributed by atoms with Gasteiger partial charge in [-0.05, 0) is 31.2 Å². The number of hydrogen-bond donors (Lipinski definition) is 2. The summed E-state index contributed by atoms with van der Waals surface area (Å²) in [6.45, 7) is 2.00. The second-order valence-corrected chi connectivity index (χ2v) is 5.58. The van der Waals surface area contributed by atoms with E-state index in [1.54, 1.807) is 0 Å². The number of hydrogen-bond acceptors (Lipinski definition) is 3. The highest BCUT2D eigenvalue weighted by molar-refractivity contribution is 7.99. The molecule has 106 valence electrons. The Morgan fingerprint density at radius 1 is 1.15 bits per heavy atom. The molecule has 0 saturated carbocycles. The van der Waals surface area contributed by atoms with E-state index in [0.29, 0.717) is 5.75 Å². The van der Waals surface area contributed by atoms with E-state index in [4.69, 9.17) is 5.84 Å². The maximum atomic E-state index is 13.7. The molecule has 1 unspecified atom stereocenters. The summed E-state index contributed by atoms with van der Waals surface area (Å²) < 4.78 is 27.5. The van der Waals surface area contributed by atoms with Crippen LogP contribution in [-0.4, -0.2) is 5.75 Å². The van der Waals surface area contributed by atoms with Crippen molar-refractivity contribution < 1.29 is 8.78 Å². The number of hydrazine groups is 1. The van der Waals surface area contributed by atoms with Gasteiger partial charge in [-0.2, -0.15) is 0 Å². The zero-order valence-electron chi connectivity index (χ0n) is 11.1. The van der Waals surface area contributed by atoms with Crippen LogP contribution in [0.25, 0.3) is 0 Å². The summed E-state index contributed by atoms with van der Waals surface area (Å²) >= 11 is 1.50. The first-order valence-electron chi connectivity index (χ1n) is 6.21. The first-order chi connectivity index (χ1) is 9.61. The summed E-state index contributed by atoms with van der Waals surface area (Å²) in [5, 5.41) is 0. The van der Waals surface area contributed by atoms with Crippen LogP contribution in [0.4, 0.5) is 8.78 Å². The third kappa shape index (κ3) is 3.56. The van der Waals surface area contributed by atoms with Crippen molar-refractivity contribution in [3.05, 3.63) is 65.2 Å². The second-order valence-electron chi connectivity index (χ2n) is 4.48. The minimum Gasteiger partial charge on any atom is -0.271 e. The second kappa shape index (κ2) is 6.83. The van der Waals surface area contributed by atoms with Gasteiger partial charge in [0, 0.05) is 16.2 Å². The Labute approximate surface area is 121 Å². The van der Waals surface area contributed by atoms with Gasteiger partial charge >= 0.3 is 0 Å². The van der Waals surface area contributed by atoms with Gasteiger partial charge in [-0.25, -0.2) is 8.78 Å². The number of nitrogens with one attached hydrogen (secondary N) is 1. The molecule has 2 aromatic rings. The minimum atomic E-state index is -0.585. The zero-order valence-corrected chi connectivity index (χ0v) is 11.9. The summed E-state index contributed by atoms with van der Waals surface area (Å²) in [5.74, 6) is 4.71. The average Bonchev–Trinajstić information content (AvgIpc) is 2.42. The van der Waals surface area contributed by atoms with Gasteiger partial charge in [0.2, 0.25) is 0 Å². The van der Waals surface area contributed by atoms with Gasteiger partial charge in [0.25, 0.3) is 0 Å². The molecule has 0 aliphatic rings. The van der Waals surface area contributed by atoms with Crippen molar-refractivity contribution in [2.24, 2.45) is 5.84 Å². The average molecular weight is 294 g/mol. The Morgan fingerprint density at radius 3 is 2.40 bits per heavy atom. The summed E-state index contributed by atoms with van der Waals surface area (Å²) in [5.41, 5.74) is 3.61. The fourth-order valence-corrected chi connectivity index (χ4v) is 3.01. The van der Waals surface area contributed by atoms with Crippen molar-refractivity contribution in [3.8, 4) is 0 Å². The van der Waals surface area contributed by atoms with Gasteiger partial charge < -0.3 is 0 Å². The van der Waals surface area contributed by atoms with Crippen LogP contribution in [-0.2, 0) is 0 Å². The van der Waals surface area contributed by atoms with E-state index >= 15 is 0 Å². The number of halogens is 2. The topological polar surface area (TPSA) is 38.0 Å². The number of aryl methyl sites for hydroxylation is 1. The SMILES string of the molecule is Cc1cccc(SCC(NN)c2c(F)cccc2F)c1. The summed E-state index contributed by atoms with van der Waals surface area (Å²) in [6.07, 6.45) is 0. The van der Waals surface area contributed by atoms with E-state index in [9.17, 15) is 8.78 Å². The molecule has 0 aliphatic heterocycles. The largest absolute Gasteiger partial charge is 0.271 e. The van der Waals surface area contributed by atoms with E-state index in [0.717, 1.165) is 10.5 Å². The molecule has 0 amide bonds. The fraction of sp³-hybridized carbons (Fsp3) is 0.200. The van der Waals surface area contributed by atoms with Crippen molar-refractivity contribution in [2.75, 3.05) is 5.75 Å². The van der Waals surface area contributed by atoms with E-state index in [1.165, 1.54) is 30.0 Å². The molecule has 0 saturated heterocycles. The molecule has 5 heteroatoms. The molecule has 20 heavy (non-hydrogen) atoms. The monoisotopic (exact) mass is 294 g/mol. The van der Waals surface area contributed by atoms with Crippen LogP contribution in [0.2, 0.25) is 0 Å². The van der Waals surface area contributed by atoms with Crippen molar-refractivity contribution in [3.63, 3.8) is 0 Å². The molecule has 0 aromatic heterocycles. The number of rotatable bonds is 5. The lowest BCUT2D eigenvalue weighted by Crippen LogP contribution is -2.31. The van der Waals surface area contributed by atoms with Crippen LogP contribution in [0.3, 0.4) is 0 Å². The van der Waals surface area contributed by atoms with Gasteiger partial charge in [0.15, 0.2) is 0 Å². The van der Waals surface area contributed by atoms with Gasteiger partial charge in [-0.3, -0.25) is 11.3 Å². The summed E-state index contributed by atoms with van der Waals surface area (Å²) in [7, 11) is 0. The third-order valence-electron chi connectivity index (χ3n) is 2.96. The maximum Gasteiger partial charge on any atom is 0.130 e. The molecule has 1 atom stereocenters. The molecular formula is C15H16F2N2S. The fourth-order valence-electron chi connectivity index (χ4n) is 1.94. The number of thioether (sulfide) groups is 1. The number of nitrogens with two attached hydrogens (primary N) is 1. The molecular weight excluding hydrogens is 278 g/mol. The third-order valence-corrected chi connectivity index (χ3v) is 4.04. The molecule has 0 radical (unpaired) electrons. The minimum absolute atomic E-state index is 0.0184. The van der Waals surface area contributed by atoms with E-state index in [-0.39, 0.29) is 5.56 Å². The molecule has 0 aliphatic carbocycles. The van der Waals surface area contributed by atoms with Crippen LogP contribution in [0.15, 0.2) is 47.4 Å². The Morgan fingerprint density at radius 2 is 1.80 bits per heavy atom. The Bertz CT molecular complexity index is 570. The van der Waals surface area contributed by atoms with Crippen LogP contribution < -0.4 is 11.3 Å². The molecule has 2 nitrogen and oxygen atoms in total. The van der Waals surface area contributed by atoms with Crippen molar-refractivity contribution in [2.45, 2.75) is 17.9 Å². The smallest absolute Gasteiger partial charge is 0.130 e. The van der Waals surface area contributed by atoms with Gasteiger partial charge in [-0.15, -0.1) is 11.8 Å². The van der Waals surface area contributed by atoms with Gasteiger partial charge in [0.1, 0.15) is 11.6 Å². The standard InChI is InChI=1S/C15H16F2N2S/c1-10-4-2-5-11(8-10)20-9-14(19-18)15-12(16)6-3-7-13(15)17/h2-8,14,19H,9,18H2,1H3. The van der Waals surface area contributed by atoms with Crippen LogP contribution in [0.1, 0.15) is 17.2 Å². The molecule has 0 bridgehead atoms. The first kappa shape index (κ1) is 15.0. The predicted octanol–water partition coefficient (Wildman–Crippen LogP) is 3.57. The zero-order chi connectivity index (χ0) is 14.5. The van der Waals surface area contributed by atoms with Crippen LogP contribution in [0, 0.1) is 18.6 Å². The highest BCUT2D eigenvalue weighted by Gasteiger charge is 2.19. The van der Waals surface area contributed by atoms with Crippen LogP contribution >= 0.6 is 11.8 Å². The van der Waals surface area contributed by atoms with E-state index < -0.39 is 17.7 Å². The highest BCUT2D eigenvalue weighted by Crippen LogP contribution is 2.27. The predicted molar refractivity (Wildman–Crippen MR) is 78.3 cm³/mol. The van der Waals surface area contributed by atoms with E-state index in [2.05, 4.69) is 5.43 Å². The van der Waals surface area contributed by atoms with E-state index in [1.807, 2.05) is 31.2 Å². The highest BCUT2D eigenvalue weighted by atomic mass is 32.2. The molecule has 0 fully saturated rings. The lowest BCUT2D eigenvalue weighted by Gasteiger charge is -2.17. The summed E-state index contributed by atoms with van der Waals surface area (Å²) in [4.78, 5) is 1.04. The molecule has 2 rings (SSSR count). The quantitative estimate of drug-likeness (QED) is 0.503. The Kier molecular flexibility index (Phi) is 5.11.